The second-order valence-corrected chi connectivity index (χ2v) is 16.1. The highest BCUT2D eigenvalue weighted by molar-refractivity contribution is 5.90. The van der Waals surface area contributed by atoms with Crippen LogP contribution in [0.25, 0.3) is 89.1 Å². The minimum Gasteiger partial charge on any atom is -0.456 e. The van der Waals surface area contributed by atoms with E-state index in [4.69, 9.17) is 4.42 Å². The molecule has 0 N–H and O–H groups in total. The Morgan fingerprint density at radius 1 is 0.250 bits per heavy atom. The van der Waals surface area contributed by atoms with Crippen molar-refractivity contribution >= 4 is 28.0 Å². The van der Waals surface area contributed by atoms with Gasteiger partial charge in [-0.2, -0.15) is 0 Å². The zero-order chi connectivity index (χ0) is 42.7. The summed E-state index contributed by atoms with van der Waals surface area (Å²) < 4.78 is 6.19. The fourth-order valence-corrected chi connectivity index (χ4v) is 8.74. The minimum absolute atomic E-state index is 0.877. The van der Waals surface area contributed by atoms with E-state index in [1.807, 2.05) is 18.2 Å². The first-order chi connectivity index (χ1) is 31.7. The lowest BCUT2D eigenvalue weighted by Crippen LogP contribution is -2.11. The van der Waals surface area contributed by atoms with Gasteiger partial charge < -0.3 is 9.32 Å². The number of anilines is 3. The van der Waals surface area contributed by atoms with Crippen LogP contribution in [0.15, 0.2) is 265 Å². The molecule has 1 aromatic heterocycles. The van der Waals surface area contributed by atoms with Crippen LogP contribution in [0, 0.1) is 0 Å². The molecule has 0 atom stereocenters. The van der Waals surface area contributed by atoms with Crippen molar-refractivity contribution in [3.8, 4) is 78.1 Å². The van der Waals surface area contributed by atoms with Crippen molar-refractivity contribution in [1.82, 2.24) is 0 Å². The first kappa shape index (κ1) is 38.5. The van der Waals surface area contributed by atoms with E-state index >= 15 is 0 Å². The summed E-state index contributed by atoms with van der Waals surface area (Å²) >= 11 is 0. The van der Waals surface area contributed by atoms with Gasteiger partial charge in [0.15, 0.2) is 0 Å². The quantitative estimate of drug-likeness (QED) is 0.137. The van der Waals surface area contributed by atoms with E-state index in [9.17, 15) is 0 Å². The van der Waals surface area contributed by atoms with Crippen LogP contribution in [-0.2, 0) is 0 Å². The number of hydrogen-bond donors (Lipinski definition) is 0. The van der Waals surface area contributed by atoms with E-state index in [0.717, 1.165) is 72.7 Å². The number of rotatable bonds is 10. The van der Waals surface area contributed by atoms with Crippen LogP contribution in [0.1, 0.15) is 0 Å². The van der Waals surface area contributed by atoms with Gasteiger partial charge in [-0.3, -0.25) is 0 Å². The molecule has 0 fully saturated rings. The van der Waals surface area contributed by atoms with Crippen LogP contribution >= 0.6 is 0 Å². The molecule has 0 radical (unpaired) electrons. The van der Waals surface area contributed by atoms with Gasteiger partial charge in [-0.15, -0.1) is 0 Å². The normalized spacial score (nSPS) is 11.1. The molecule has 11 aromatic rings. The maximum absolute atomic E-state index is 6.19. The number of furan rings is 1. The van der Waals surface area contributed by atoms with E-state index in [-0.39, 0.29) is 0 Å². The summed E-state index contributed by atoms with van der Waals surface area (Å²) in [5.74, 6) is 0.877. The van der Waals surface area contributed by atoms with Gasteiger partial charge in [-0.1, -0.05) is 212 Å². The zero-order valence-electron chi connectivity index (χ0n) is 35.2. The molecule has 0 unspecified atom stereocenters. The summed E-state index contributed by atoms with van der Waals surface area (Å²) in [6.45, 7) is 0. The van der Waals surface area contributed by atoms with Crippen LogP contribution in [0.4, 0.5) is 17.1 Å². The van der Waals surface area contributed by atoms with Gasteiger partial charge in [-0.05, 0) is 110 Å². The van der Waals surface area contributed by atoms with E-state index in [2.05, 4.69) is 248 Å². The molecule has 0 saturated heterocycles. The molecule has 0 spiro atoms. The lowest BCUT2D eigenvalue weighted by Gasteiger charge is -2.28. The minimum atomic E-state index is 0.877. The number of nitrogens with zero attached hydrogens (tertiary/aromatic N) is 1. The van der Waals surface area contributed by atoms with Crippen molar-refractivity contribution in [2.24, 2.45) is 0 Å². The van der Waals surface area contributed by atoms with Gasteiger partial charge in [0, 0.05) is 27.9 Å². The Labute approximate surface area is 374 Å². The Kier molecular flexibility index (Phi) is 10.3. The fourth-order valence-electron chi connectivity index (χ4n) is 8.74. The molecule has 0 aliphatic rings. The number of para-hydroxylation sites is 2. The summed E-state index contributed by atoms with van der Waals surface area (Å²) in [6, 6.07) is 93.2. The number of fused-ring (bicyclic) bond motifs is 1. The van der Waals surface area contributed by atoms with Gasteiger partial charge >= 0.3 is 0 Å². The van der Waals surface area contributed by atoms with Crippen molar-refractivity contribution in [2.45, 2.75) is 0 Å². The van der Waals surface area contributed by atoms with Gasteiger partial charge in [0.1, 0.15) is 11.3 Å². The highest BCUT2D eigenvalue weighted by Gasteiger charge is 2.18. The lowest BCUT2D eigenvalue weighted by atomic mass is 9.97. The maximum Gasteiger partial charge on any atom is 0.135 e. The third kappa shape index (κ3) is 7.81. The molecule has 302 valence electrons. The van der Waals surface area contributed by atoms with Gasteiger partial charge in [-0.25, -0.2) is 0 Å². The Morgan fingerprint density at radius 2 is 0.625 bits per heavy atom. The molecule has 10 aromatic carbocycles. The third-order valence-electron chi connectivity index (χ3n) is 12.1. The predicted octanol–water partition coefficient (Wildman–Crippen LogP) is 17.6. The van der Waals surface area contributed by atoms with Crippen molar-refractivity contribution in [3.63, 3.8) is 0 Å². The van der Waals surface area contributed by atoms with Crippen molar-refractivity contribution in [2.75, 3.05) is 4.90 Å². The molecule has 0 amide bonds. The number of benzene rings is 10. The summed E-state index contributed by atoms with van der Waals surface area (Å²) in [7, 11) is 0. The first-order valence-corrected chi connectivity index (χ1v) is 21.8. The van der Waals surface area contributed by atoms with Crippen LogP contribution in [0.5, 0.6) is 0 Å². The second-order valence-electron chi connectivity index (χ2n) is 16.1. The Morgan fingerprint density at radius 3 is 1.14 bits per heavy atom. The van der Waals surface area contributed by atoms with Crippen LogP contribution in [0.3, 0.4) is 0 Å². The molecule has 0 aliphatic carbocycles. The SMILES string of the molecule is c1ccc(-c2ccc(-c3ccc(N(c4ccc(-c5ccc(-c6cccc(-c7cc8ccccc8o7)c6)cc5)cc4)c4ccccc4-c4ccc(-c5ccccc5)cc4)cc3)cc2)cc1. The topological polar surface area (TPSA) is 16.4 Å². The third-order valence-corrected chi connectivity index (χ3v) is 12.1. The molecule has 1 heterocycles. The zero-order valence-corrected chi connectivity index (χ0v) is 35.2. The van der Waals surface area contributed by atoms with E-state index in [1.165, 1.54) is 33.4 Å². The Balaban J connectivity index is 0.912. The van der Waals surface area contributed by atoms with Gasteiger partial charge in [0.25, 0.3) is 0 Å². The molecule has 0 saturated carbocycles. The van der Waals surface area contributed by atoms with Crippen molar-refractivity contribution < 1.29 is 4.42 Å². The fraction of sp³-hybridized carbons (Fsp3) is 0. The van der Waals surface area contributed by atoms with Crippen molar-refractivity contribution in [1.29, 1.82) is 0 Å². The molecular formula is C62H43NO. The highest BCUT2D eigenvalue weighted by atomic mass is 16.3. The average Bonchev–Trinajstić information content (AvgIpc) is 3.83. The van der Waals surface area contributed by atoms with E-state index in [0.29, 0.717) is 0 Å². The molecule has 11 rings (SSSR count). The molecule has 0 bridgehead atoms. The Hall–Kier alpha value is -8.46. The Bertz CT molecular complexity index is 3280. The summed E-state index contributed by atoms with van der Waals surface area (Å²) in [5, 5.41) is 1.11. The summed E-state index contributed by atoms with van der Waals surface area (Å²) in [6.07, 6.45) is 0. The highest BCUT2D eigenvalue weighted by Crippen LogP contribution is 2.42. The van der Waals surface area contributed by atoms with Gasteiger partial charge in [0.05, 0.1) is 5.69 Å². The summed E-state index contributed by atoms with van der Waals surface area (Å²) in [4.78, 5) is 2.38. The second kappa shape index (κ2) is 17.1. The van der Waals surface area contributed by atoms with E-state index in [1.54, 1.807) is 0 Å². The number of hydrogen-bond acceptors (Lipinski definition) is 2. The predicted molar refractivity (Wildman–Crippen MR) is 269 cm³/mol. The largest absolute Gasteiger partial charge is 0.456 e. The molecule has 2 heteroatoms. The van der Waals surface area contributed by atoms with Crippen LogP contribution in [0.2, 0.25) is 0 Å². The van der Waals surface area contributed by atoms with Gasteiger partial charge in [0.2, 0.25) is 0 Å². The van der Waals surface area contributed by atoms with E-state index < -0.39 is 0 Å². The smallest absolute Gasteiger partial charge is 0.135 e. The van der Waals surface area contributed by atoms with Crippen LogP contribution < -0.4 is 4.90 Å². The first-order valence-electron chi connectivity index (χ1n) is 21.8. The monoisotopic (exact) mass is 817 g/mol. The average molecular weight is 818 g/mol. The summed E-state index contributed by atoms with van der Waals surface area (Å²) in [5.41, 5.74) is 19.4. The molecule has 2 nitrogen and oxygen atoms in total. The van der Waals surface area contributed by atoms with Crippen molar-refractivity contribution in [3.05, 3.63) is 261 Å². The standard InChI is InChI=1S/C62H43NO/c1-3-12-44(13-4-1)46-22-24-48(25-23-46)50-34-38-57(39-35-50)63(60-20-9-8-19-59(60)53-32-30-47(31-33-53)45-14-5-2-6-15-45)58-40-36-51(37-41-58)49-26-28-52(29-27-49)54-17-11-18-55(42-54)62-43-56-16-7-10-21-61(56)64-62/h1-43H. The van der Waals surface area contributed by atoms with Crippen LogP contribution in [-0.4, -0.2) is 0 Å². The lowest BCUT2D eigenvalue weighted by molar-refractivity contribution is 0.631. The maximum atomic E-state index is 6.19. The molecule has 64 heavy (non-hydrogen) atoms. The molecular weight excluding hydrogens is 775 g/mol. The molecule has 0 aliphatic heterocycles.